The molecule has 1 aliphatic rings. The van der Waals surface area contributed by atoms with Gasteiger partial charge in [0.2, 0.25) is 5.91 Å². The van der Waals surface area contributed by atoms with Crippen molar-refractivity contribution in [3.8, 4) is 11.5 Å². The Morgan fingerprint density at radius 3 is 2.52 bits per heavy atom. The summed E-state index contributed by atoms with van der Waals surface area (Å²) in [4.78, 5) is 13.5. The molecule has 2 aromatic carbocycles. The molecule has 0 aliphatic carbocycles. The maximum Gasteiger partial charge on any atom is 0.224 e. The van der Waals surface area contributed by atoms with Crippen LogP contribution in [0.25, 0.3) is 0 Å². The van der Waals surface area contributed by atoms with Gasteiger partial charge in [0.25, 0.3) is 0 Å². The van der Waals surface area contributed by atoms with Crippen molar-refractivity contribution in [1.29, 1.82) is 0 Å². The molecule has 0 N–H and O–H groups in total. The van der Waals surface area contributed by atoms with Crippen LogP contribution in [0.1, 0.15) is 12.0 Å². The van der Waals surface area contributed by atoms with Gasteiger partial charge in [0, 0.05) is 30.8 Å². The minimum Gasteiger partial charge on any atom is -0.454 e. The van der Waals surface area contributed by atoms with Crippen LogP contribution in [0.3, 0.4) is 0 Å². The molecule has 0 radical (unpaired) electrons. The monoisotopic (exact) mass is 335 g/mol. The molecule has 6 heteroatoms. The van der Waals surface area contributed by atoms with E-state index in [0.29, 0.717) is 25.3 Å². The summed E-state index contributed by atoms with van der Waals surface area (Å²) in [6, 6.07) is 10.2. The van der Waals surface area contributed by atoms with E-state index in [9.17, 15) is 13.6 Å². The Kier molecular flexibility index (Phi) is 4.52. The van der Waals surface area contributed by atoms with Gasteiger partial charge in [0.1, 0.15) is 11.6 Å². The van der Waals surface area contributed by atoms with Crippen LogP contribution >= 0.6 is 12.6 Å². The number of ether oxygens (including phenoxy) is 1. The predicted octanol–water partition coefficient (Wildman–Crippen LogP) is 3.79. The third kappa shape index (κ3) is 3.82. The third-order valence-electron chi connectivity index (χ3n) is 3.61. The summed E-state index contributed by atoms with van der Waals surface area (Å²) in [6.45, 7) is 1.15. The minimum absolute atomic E-state index is 0.0354. The lowest BCUT2D eigenvalue weighted by Crippen LogP contribution is -2.24. The number of hydrogen-bond acceptors (Lipinski definition) is 3. The molecule has 1 unspecified atom stereocenters. The second-order valence-electron chi connectivity index (χ2n) is 5.45. The molecule has 1 amide bonds. The van der Waals surface area contributed by atoms with E-state index in [1.807, 2.05) is 12.1 Å². The van der Waals surface area contributed by atoms with E-state index in [-0.39, 0.29) is 16.9 Å². The first-order valence-electron chi connectivity index (χ1n) is 7.19. The molecule has 1 saturated heterocycles. The largest absolute Gasteiger partial charge is 0.454 e. The summed E-state index contributed by atoms with van der Waals surface area (Å²) >= 11 is 4.32. The maximum absolute atomic E-state index is 13.5. The molecule has 1 fully saturated rings. The number of likely N-dealkylation sites (tertiary alicyclic amines) is 1. The van der Waals surface area contributed by atoms with Gasteiger partial charge >= 0.3 is 0 Å². The minimum atomic E-state index is -0.753. The fraction of sp³-hybridized carbons (Fsp3) is 0.235. The topological polar surface area (TPSA) is 29.5 Å². The van der Waals surface area contributed by atoms with Gasteiger partial charge in [0.05, 0.1) is 0 Å². The smallest absolute Gasteiger partial charge is 0.224 e. The molecule has 120 valence electrons. The lowest BCUT2D eigenvalue weighted by molar-refractivity contribution is -0.128. The van der Waals surface area contributed by atoms with Crippen LogP contribution in [-0.4, -0.2) is 22.6 Å². The quantitative estimate of drug-likeness (QED) is 0.862. The van der Waals surface area contributed by atoms with E-state index in [0.717, 1.165) is 17.7 Å². The van der Waals surface area contributed by atoms with Gasteiger partial charge in [-0.2, -0.15) is 12.6 Å². The maximum atomic E-state index is 13.5. The highest BCUT2D eigenvalue weighted by molar-refractivity contribution is 7.81. The number of rotatable bonds is 4. The molecule has 3 nitrogen and oxygen atoms in total. The molecule has 1 atom stereocenters. The number of nitrogens with zero attached hydrogens (tertiary/aromatic N) is 1. The first kappa shape index (κ1) is 15.8. The zero-order valence-electron chi connectivity index (χ0n) is 12.2. The Bertz CT molecular complexity index is 721. The van der Waals surface area contributed by atoms with Gasteiger partial charge in [-0.1, -0.05) is 12.1 Å². The number of carbonyl (C=O) groups excluding carboxylic acids is 1. The van der Waals surface area contributed by atoms with Crippen LogP contribution in [0, 0.1) is 11.6 Å². The van der Waals surface area contributed by atoms with E-state index in [4.69, 9.17) is 4.74 Å². The van der Waals surface area contributed by atoms with E-state index in [1.165, 1.54) is 6.07 Å². The Balaban J connectivity index is 1.66. The van der Waals surface area contributed by atoms with Gasteiger partial charge in [0.15, 0.2) is 11.6 Å². The summed E-state index contributed by atoms with van der Waals surface area (Å²) in [5.74, 6) is -0.899. The van der Waals surface area contributed by atoms with Crippen LogP contribution in [0.2, 0.25) is 0 Å². The van der Waals surface area contributed by atoms with Crippen molar-refractivity contribution in [2.45, 2.75) is 18.2 Å². The van der Waals surface area contributed by atoms with Crippen molar-refractivity contribution in [2.75, 3.05) is 6.54 Å². The number of halogens is 2. The summed E-state index contributed by atoms with van der Waals surface area (Å²) < 4.78 is 31.8. The lowest BCUT2D eigenvalue weighted by atomic mass is 10.2. The number of carbonyl (C=O) groups is 1. The first-order valence-corrected chi connectivity index (χ1v) is 7.70. The second-order valence-corrected chi connectivity index (χ2v) is 6.18. The van der Waals surface area contributed by atoms with Crippen LogP contribution in [0.15, 0.2) is 42.5 Å². The Labute approximate surface area is 138 Å². The number of hydrogen-bond donors (Lipinski definition) is 1. The number of benzene rings is 2. The lowest BCUT2D eigenvalue weighted by Gasteiger charge is -2.16. The van der Waals surface area contributed by atoms with Crippen molar-refractivity contribution in [1.82, 2.24) is 4.90 Å². The molecule has 1 aliphatic heterocycles. The first-order chi connectivity index (χ1) is 11.0. The summed E-state index contributed by atoms with van der Waals surface area (Å²) in [6.07, 6.45) is 0.466. The van der Waals surface area contributed by atoms with Gasteiger partial charge in [-0.05, 0) is 29.8 Å². The summed E-state index contributed by atoms with van der Waals surface area (Å²) in [5, 5.41) is 0.0894. The predicted molar refractivity (Wildman–Crippen MR) is 85.7 cm³/mol. The van der Waals surface area contributed by atoms with Crippen molar-refractivity contribution in [2.24, 2.45) is 0 Å². The highest BCUT2D eigenvalue weighted by Crippen LogP contribution is 2.26. The van der Waals surface area contributed by atoms with Crippen molar-refractivity contribution >= 4 is 18.5 Å². The molecule has 3 rings (SSSR count). The molecule has 0 aromatic heterocycles. The standard InChI is InChI=1S/C17H15F2NO2S/c18-12-3-6-16(15(19)7-12)22-13-4-1-11(2-5-13)9-20-10-14(23)8-17(20)21/h1-7,14,23H,8-10H2. The molecular weight excluding hydrogens is 320 g/mol. The van der Waals surface area contributed by atoms with Crippen LogP contribution in [0.4, 0.5) is 8.78 Å². The zero-order valence-corrected chi connectivity index (χ0v) is 13.1. The summed E-state index contributed by atoms with van der Waals surface area (Å²) in [7, 11) is 0. The third-order valence-corrected chi connectivity index (χ3v) is 3.96. The summed E-state index contributed by atoms with van der Waals surface area (Å²) in [5.41, 5.74) is 0.952. The molecule has 23 heavy (non-hydrogen) atoms. The van der Waals surface area contributed by atoms with E-state index >= 15 is 0 Å². The van der Waals surface area contributed by atoms with E-state index in [2.05, 4.69) is 12.6 Å². The fourth-order valence-corrected chi connectivity index (χ4v) is 2.83. The van der Waals surface area contributed by atoms with Crippen LogP contribution in [-0.2, 0) is 11.3 Å². The van der Waals surface area contributed by atoms with Crippen molar-refractivity contribution in [3.05, 3.63) is 59.7 Å². The normalized spacial score (nSPS) is 17.6. The fourth-order valence-electron chi connectivity index (χ4n) is 2.47. The molecule has 1 heterocycles. The van der Waals surface area contributed by atoms with E-state index in [1.54, 1.807) is 17.0 Å². The highest BCUT2D eigenvalue weighted by atomic mass is 32.1. The van der Waals surface area contributed by atoms with E-state index < -0.39 is 11.6 Å². The number of thiol groups is 1. The Hall–Kier alpha value is -2.08. The molecule has 2 aromatic rings. The second kappa shape index (κ2) is 6.58. The Morgan fingerprint density at radius 1 is 1.17 bits per heavy atom. The van der Waals surface area contributed by atoms with Gasteiger partial charge < -0.3 is 9.64 Å². The van der Waals surface area contributed by atoms with Crippen LogP contribution < -0.4 is 4.74 Å². The van der Waals surface area contributed by atoms with Crippen molar-refractivity contribution < 1.29 is 18.3 Å². The SMILES string of the molecule is O=C1CC(S)CN1Cc1ccc(Oc2ccc(F)cc2F)cc1. The molecular formula is C17H15F2NO2S. The van der Waals surface area contributed by atoms with Crippen molar-refractivity contribution in [3.63, 3.8) is 0 Å². The van der Waals surface area contributed by atoms with Gasteiger partial charge in [-0.15, -0.1) is 0 Å². The molecule has 0 bridgehead atoms. The van der Waals surface area contributed by atoms with Crippen LogP contribution in [0.5, 0.6) is 11.5 Å². The molecule has 0 spiro atoms. The molecule has 0 saturated carbocycles. The number of amides is 1. The van der Waals surface area contributed by atoms with Gasteiger partial charge in [-0.25, -0.2) is 8.78 Å². The average Bonchev–Trinajstić information content (AvgIpc) is 2.82. The van der Waals surface area contributed by atoms with Gasteiger partial charge in [-0.3, -0.25) is 4.79 Å². The zero-order chi connectivity index (χ0) is 16.4. The average molecular weight is 335 g/mol. The Morgan fingerprint density at radius 2 is 1.91 bits per heavy atom. The highest BCUT2D eigenvalue weighted by Gasteiger charge is 2.26.